The molecular weight excluding hydrogens is 370 g/mol. The number of nitrogens with two attached hydrogens (primary N) is 1. The Morgan fingerprint density at radius 1 is 1.25 bits per heavy atom. The number of nitrogen functional groups attached to an aromatic ring is 1. The van der Waals surface area contributed by atoms with Crippen molar-refractivity contribution in [2.75, 3.05) is 11.1 Å². The Bertz CT molecular complexity index is 694. The number of rotatable bonds is 2. The molecule has 0 aliphatic carbocycles. The van der Waals surface area contributed by atoms with E-state index >= 15 is 0 Å². The first-order chi connectivity index (χ1) is 9.38. The molecule has 0 aliphatic rings. The first-order valence-electron chi connectivity index (χ1n) is 5.39. The first kappa shape index (κ1) is 15.1. The maximum Gasteiger partial charge on any atom is 0.257 e. The molecule has 0 saturated heterocycles. The molecule has 0 spiro atoms. The number of carbonyl (C=O) groups is 1. The van der Waals surface area contributed by atoms with E-state index in [1.54, 1.807) is 6.07 Å². The van der Waals surface area contributed by atoms with Crippen molar-refractivity contribution in [2.45, 2.75) is 0 Å². The average Bonchev–Trinajstić information content (AvgIpc) is 2.38. The van der Waals surface area contributed by atoms with Gasteiger partial charge in [-0.1, -0.05) is 23.2 Å². The summed E-state index contributed by atoms with van der Waals surface area (Å²) in [6.45, 7) is 0. The van der Waals surface area contributed by atoms with E-state index in [0.717, 1.165) is 0 Å². The molecule has 7 heteroatoms. The first-order valence-corrected chi connectivity index (χ1v) is 6.94. The van der Waals surface area contributed by atoms with E-state index in [9.17, 15) is 9.18 Å². The lowest BCUT2D eigenvalue weighted by Crippen LogP contribution is -2.13. The molecule has 2 aromatic carbocycles. The van der Waals surface area contributed by atoms with Crippen LogP contribution in [0.15, 0.2) is 34.8 Å². The predicted molar refractivity (Wildman–Crippen MR) is 82.9 cm³/mol. The molecule has 104 valence electrons. The molecule has 0 heterocycles. The third-order valence-corrected chi connectivity index (χ3v) is 3.92. The van der Waals surface area contributed by atoms with Crippen molar-refractivity contribution in [2.24, 2.45) is 0 Å². The minimum absolute atomic E-state index is 0.0935. The van der Waals surface area contributed by atoms with Crippen LogP contribution in [-0.2, 0) is 0 Å². The second kappa shape index (κ2) is 5.99. The molecule has 0 saturated carbocycles. The molecule has 0 aliphatic heterocycles. The summed E-state index contributed by atoms with van der Waals surface area (Å²) in [4.78, 5) is 12.1. The van der Waals surface area contributed by atoms with Crippen LogP contribution in [0.5, 0.6) is 0 Å². The van der Waals surface area contributed by atoms with Gasteiger partial charge in [0.25, 0.3) is 5.91 Å². The molecule has 0 atom stereocenters. The minimum Gasteiger partial charge on any atom is -0.399 e. The second-order valence-corrected chi connectivity index (χ2v) is 5.59. The van der Waals surface area contributed by atoms with Crippen LogP contribution in [0.25, 0.3) is 0 Å². The van der Waals surface area contributed by atoms with Crippen molar-refractivity contribution in [3.63, 3.8) is 0 Å². The highest BCUT2D eigenvalue weighted by molar-refractivity contribution is 9.10. The van der Waals surface area contributed by atoms with E-state index in [0.29, 0.717) is 15.8 Å². The molecule has 2 aromatic rings. The van der Waals surface area contributed by atoms with Gasteiger partial charge in [0.15, 0.2) is 0 Å². The number of amides is 1. The molecule has 2 rings (SSSR count). The number of nitrogens with one attached hydrogen (secondary N) is 1. The summed E-state index contributed by atoms with van der Waals surface area (Å²) < 4.78 is 13.7. The van der Waals surface area contributed by atoms with Gasteiger partial charge in [0.2, 0.25) is 0 Å². The number of hydrogen-bond acceptors (Lipinski definition) is 2. The topological polar surface area (TPSA) is 55.1 Å². The molecule has 0 bridgehead atoms. The number of halogens is 4. The standard InChI is InChI=1S/C13H8BrCl2FN2O/c14-9-2-1-7(5-11(9)17)19-13(20)8-3-6(18)4-10(15)12(8)16/h1-5H,18H2,(H,19,20). The van der Waals surface area contributed by atoms with E-state index in [2.05, 4.69) is 21.2 Å². The summed E-state index contributed by atoms with van der Waals surface area (Å²) in [5.74, 6) is -1.01. The van der Waals surface area contributed by atoms with Crippen LogP contribution >= 0.6 is 39.1 Å². The van der Waals surface area contributed by atoms with Gasteiger partial charge in [0, 0.05) is 11.4 Å². The molecule has 3 N–H and O–H groups in total. The van der Waals surface area contributed by atoms with Crippen LogP contribution in [0.4, 0.5) is 15.8 Å². The third-order valence-electron chi connectivity index (χ3n) is 2.47. The van der Waals surface area contributed by atoms with E-state index in [-0.39, 0.29) is 15.6 Å². The smallest absolute Gasteiger partial charge is 0.257 e. The number of carbonyl (C=O) groups excluding carboxylic acids is 1. The summed E-state index contributed by atoms with van der Waals surface area (Å²) in [7, 11) is 0. The van der Waals surface area contributed by atoms with Crippen LogP contribution < -0.4 is 11.1 Å². The number of anilines is 2. The van der Waals surface area contributed by atoms with Gasteiger partial charge in [-0.05, 0) is 46.3 Å². The molecule has 0 fully saturated rings. The minimum atomic E-state index is -0.522. The molecular formula is C13H8BrCl2FN2O. The highest BCUT2D eigenvalue weighted by Gasteiger charge is 2.15. The lowest BCUT2D eigenvalue weighted by Gasteiger charge is -2.09. The normalized spacial score (nSPS) is 10.4. The fraction of sp³-hybridized carbons (Fsp3) is 0. The van der Waals surface area contributed by atoms with Crippen molar-refractivity contribution >= 4 is 56.4 Å². The molecule has 3 nitrogen and oxygen atoms in total. The highest BCUT2D eigenvalue weighted by Crippen LogP contribution is 2.29. The monoisotopic (exact) mass is 376 g/mol. The summed E-state index contributed by atoms with van der Waals surface area (Å²) in [5.41, 5.74) is 6.35. The van der Waals surface area contributed by atoms with Crippen LogP contribution in [0.3, 0.4) is 0 Å². The zero-order valence-corrected chi connectivity index (χ0v) is 13.0. The Labute approximate surface area is 133 Å². The summed E-state index contributed by atoms with van der Waals surface area (Å²) in [5, 5.41) is 2.80. The number of hydrogen-bond donors (Lipinski definition) is 2. The van der Waals surface area contributed by atoms with Gasteiger partial charge in [0.05, 0.1) is 20.1 Å². The Morgan fingerprint density at radius 2 is 1.95 bits per heavy atom. The maximum atomic E-state index is 13.4. The average molecular weight is 378 g/mol. The lowest BCUT2D eigenvalue weighted by atomic mass is 10.2. The zero-order chi connectivity index (χ0) is 14.9. The van der Waals surface area contributed by atoms with Crippen LogP contribution in [0.2, 0.25) is 10.0 Å². The van der Waals surface area contributed by atoms with Crippen molar-refractivity contribution in [3.05, 3.63) is 56.2 Å². The van der Waals surface area contributed by atoms with Crippen LogP contribution in [0, 0.1) is 5.82 Å². The lowest BCUT2D eigenvalue weighted by molar-refractivity contribution is 0.102. The van der Waals surface area contributed by atoms with Gasteiger partial charge in [-0.15, -0.1) is 0 Å². The van der Waals surface area contributed by atoms with Crippen molar-refractivity contribution in [1.82, 2.24) is 0 Å². The van der Waals surface area contributed by atoms with E-state index in [1.165, 1.54) is 24.3 Å². The molecule has 0 radical (unpaired) electrons. The van der Waals surface area contributed by atoms with Gasteiger partial charge in [0.1, 0.15) is 5.82 Å². The Balaban J connectivity index is 2.30. The van der Waals surface area contributed by atoms with E-state index in [4.69, 9.17) is 28.9 Å². The largest absolute Gasteiger partial charge is 0.399 e. The quantitative estimate of drug-likeness (QED) is 0.743. The molecule has 0 aromatic heterocycles. The maximum absolute atomic E-state index is 13.4. The zero-order valence-electron chi connectivity index (χ0n) is 9.88. The summed E-state index contributed by atoms with van der Waals surface area (Å²) in [6, 6.07) is 7.06. The summed E-state index contributed by atoms with van der Waals surface area (Å²) >= 11 is 14.8. The predicted octanol–water partition coefficient (Wildman–Crippen LogP) is 4.73. The van der Waals surface area contributed by atoms with Crippen LogP contribution in [0.1, 0.15) is 10.4 Å². The van der Waals surface area contributed by atoms with Gasteiger partial charge < -0.3 is 11.1 Å². The SMILES string of the molecule is Nc1cc(Cl)c(Cl)c(C(=O)Nc2ccc(Br)c(F)c2)c1. The highest BCUT2D eigenvalue weighted by atomic mass is 79.9. The number of benzene rings is 2. The fourth-order valence-electron chi connectivity index (χ4n) is 1.55. The molecule has 1 amide bonds. The van der Waals surface area contributed by atoms with Gasteiger partial charge in [-0.25, -0.2) is 4.39 Å². The second-order valence-electron chi connectivity index (χ2n) is 3.95. The van der Waals surface area contributed by atoms with Crippen molar-refractivity contribution in [3.8, 4) is 0 Å². The summed E-state index contributed by atoms with van der Waals surface area (Å²) in [6.07, 6.45) is 0. The van der Waals surface area contributed by atoms with E-state index < -0.39 is 11.7 Å². The Morgan fingerprint density at radius 3 is 2.60 bits per heavy atom. The van der Waals surface area contributed by atoms with E-state index in [1.807, 2.05) is 0 Å². The van der Waals surface area contributed by atoms with Gasteiger partial charge >= 0.3 is 0 Å². The third kappa shape index (κ3) is 3.23. The van der Waals surface area contributed by atoms with Crippen LogP contribution in [-0.4, -0.2) is 5.91 Å². The van der Waals surface area contributed by atoms with Gasteiger partial charge in [-0.2, -0.15) is 0 Å². The Hall–Kier alpha value is -1.30. The molecule has 0 unspecified atom stereocenters. The Kier molecular flexibility index (Phi) is 4.52. The molecule has 20 heavy (non-hydrogen) atoms. The van der Waals surface area contributed by atoms with Crippen molar-refractivity contribution < 1.29 is 9.18 Å². The van der Waals surface area contributed by atoms with Gasteiger partial charge in [-0.3, -0.25) is 4.79 Å². The fourth-order valence-corrected chi connectivity index (χ4v) is 2.22. The van der Waals surface area contributed by atoms with Crippen molar-refractivity contribution in [1.29, 1.82) is 0 Å².